The predicted octanol–water partition coefficient (Wildman–Crippen LogP) is 4.78. The van der Waals surface area contributed by atoms with Gasteiger partial charge in [0.25, 0.3) is 5.91 Å². The van der Waals surface area contributed by atoms with E-state index in [0.717, 1.165) is 50.6 Å². The molecule has 14 heteroatoms. The third-order valence-corrected chi connectivity index (χ3v) is 8.60. The Hall–Kier alpha value is -4.40. The number of nitrogens with zero attached hydrogens (tertiary/aromatic N) is 6. The van der Waals surface area contributed by atoms with Gasteiger partial charge in [-0.1, -0.05) is 18.2 Å². The van der Waals surface area contributed by atoms with Crippen molar-refractivity contribution in [1.82, 2.24) is 34.9 Å². The molecule has 3 aromatic heterocycles. The maximum absolute atomic E-state index is 13.1. The number of pyridine rings is 1. The summed E-state index contributed by atoms with van der Waals surface area (Å²) >= 11 is 0. The Balaban J connectivity index is 1.13. The molecular formula is C32H36F3N9O2. The summed E-state index contributed by atoms with van der Waals surface area (Å²) in [5, 5.41) is 21.7. The van der Waals surface area contributed by atoms with Crippen molar-refractivity contribution in [3.63, 3.8) is 0 Å². The van der Waals surface area contributed by atoms with Crippen LogP contribution in [-0.4, -0.2) is 72.6 Å². The van der Waals surface area contributed by atoms with Crippen molar-refractivity contribution in [2.24, 2.45) is 0 Å². The first-order valence-corrected chi connectivity index (χ1v) is 15.3. The number of anilines is 2. The molecule has 11 nitrogen and oxygen atoms in total. The Morgan fingerprint density at radius 2 is 1.85 bits per heavy atom. The van der Waals surface area contributed by atoms with E-state index in [4.69, 9.17) is 10.8 Å². The molecule has 0 radical (unpaired) electrons. The Morgan fingerprint density at radius 3 is 2.54 bits per heavy atom. The van der Waals surface area contributed by atoms with Gasteiger partial charge in [-0.05, 0) is 75.9 Å². The molecule has 0 bridgehead atoms. The van der Waals surface area contributed by atoms with Crippen LogP contribution in [0.15, 0.2) is 61.1 Å². The number of carbonyl (C=O) groups is 1. The number of alkyl halides is 3. The number of nitrogen functional groups attached to an aromatic ring is 1. The van der Waals surface area contributed by atoms with Crippen molar-refractivity contribution in [2.75, 3.05) is 24.6 Å². The van der Waals surface area contributed by atoms with Gasteiger partial charge in [-0.15, -0.1) is 0 Å². The number of hydrogen-bond donors (Lipinski definition) is 4. The molecule has 242 valence electrons. The van der Waals surface area contributed by atoms with Gasteiger partial charge in [0.05, 0.1) is 17.0 Å². The van der Waals surface area contributed by atoms with Crippen LogP contribution in [0.25, 0.3) is 22.3 Å². The summed E-state index contributed by atoms with van der Waals surface area (Å²) in [6.07, 6.45) is 6.80. The summed E-state index contributed by atoms with van der Waals surface area (Å²) in [7, 11) is 2.10. The lowest BCUT2D eigenvalue weighted by atomic mass is 9.91. The van der Waals surface area contributed by atoms with Gasteiger partial charge in [0.1, 0.15) is 29.9 Å². The van der Waals surface area contributed by atoms with Gasteiger partial charge in [-0.25, -0.2) is 19.6 Å². The summed E-state index contributed by atoms with van der Waals surface area (Å²) in [6.45, 7) is 0.822. The van der Waals surface area contributed by atoms with Crippen LogP contribution in [0.4, 0.5) is 24.8 Å². The Kier molecular flexibility index (Phi) is 9.02. The zero-order chi connectivity index (χ0) is 32.4. The van der Waals surface area contributed by atoms with Crippen LogP contribution in [-0.2, 0) is 6.18 Å². The second-order valence-electron chi connectivity index (χ2n) is 11.9. The molecular weight excluding hydrogens is 599 g/mol. The van der Waals surface area contributed by atoms with E-state index < -0.39 is 23.9 Å². The number of rotatable bonds is 10. The lowest BCUT2D eigenvalue weighted by Gasteiger charge is -2.30. The van der Waals surface area contributed by atoms with Gasteiger partial charge in [0.2, 0.25) is 0 Å². The number of aromatic nitrogens is 5. The van der Waals surface area contributed by atoms with Crippen LogP contribution in [0.3, 0.4) is 0 Å². The van der Waals surface area contributed by atoms with E-state index in [-0.39, 0.29) is 29.3 Å². The lowest BCUT2D eigenvalue weighted by molar-refractivity contribution is -0.137. The first kappa shape index (κ1) is 31.6. The van der Waals surface area contributed by atoms with Gasteiger partial charge in [-0.2, -0.15) is 18.3 Å². The van der Waals surface area contributed by atoms with Crippen molar-refractivity contribution in [1.29, 1.82) is 0 Å². The second-order valence-corrected chi connectivity index (χ2v) is 11.9. The van der Waals surface area contributed by atoms with E-state index in [2.05, 4.69) is 37.5 Å². The summed E-state index contributed by atoms with van der Waals surface area (Å²) in [5.74, 6) is -0.527. The quantitative estimate of drug-likeness (QED) is 0.143. The molecule has 2 fully saturated rings. The molecule has 3 heterocycles. The summed E-state index contributed by atoms with van der Waals surface area (Å²) in [5.41, 5.74) is 7.48. The molecule has 0 saturated heterocycles. The van der Waals surface area contributed by atoms with E-state index in [0.29, 0.717) is 28.3 Å². The molecule has 0 spiro atoms. The van der Waals surface area contributed by atoms with Crippen LogP contribution >= 0.6 is 0 Å². The van der Waals surface area contributed by atoms with Crippen LogP contribution < -0.4 is 16.4 Å². The standard InChI is InChI=1S/C32H36F3N9O2/c1-43(23-12-13-23)16-2-3-26(45)40-22-8-10-24(11-9-22)44-30-27(29(36)38-18-39-30)28(42-44)19-4-6-20(7-5-19)31(46)41-25-17-21(14-15-37-25)32(33,34)35/h2-7,14-15,17-18,22-24,26,40,45H,8-13,16H2,1H3,(H2,36,38,39)(H,37,41,46)/b3-2+/t22-,24-,26?. The van der Waals surface area contributed by atoms with Crippen LogP contribution in [0.5, 0.6) is 0 Å². The van der Waals surface area contributed by atoms with Crippen molar-refractivity contribution in [3.05, 3.63) is 72.2 Å². The summed E-state index contributed by atoms with van der Waals surface area (Å²) in [6, 6.07) is 9.05. The van der Waals surface area contributed by atoms with Crippen molar-refractivity contribution in [3.8, 4) is 11.3 Å². The average molecular weight is 636 g/mol. The van der Waals surface area contributed by atoms with E-state index in [1.807, 2.05) is 16.8 Å². The fourth-order valence-corrected chi connectivity index (χ4v) is 5.90. The number of amides is 1. The maximum atomic E-state index is 13.1. The van der Waals surface area contributed by atoms with E-state index in [9.17, 15) is 23.1 Å². The van der Waals surface area contributed by atoms with Crippen molar-refractivity contribution < 1.29 is 23.1 Å². The molecule has 2 saturated carbocycles. The Labute approximate surface area is 263 Å². The minimum absolute atomic E-state index is 0.0634. The molecule has 6 rings (SSSR count). The second kappa shape index (κ2) is 13.1. The molecule has 2 aliphatic carbocycles. The normalized spacial score (nSPS) is 19.6. The van der Waals surface area contributed by atoms with E-state index in [1.54, 1.807) is 24.3 Å². The molecule has 4 aromatic rings. The first-order valence-electron chi connectivity index (χ1n) is 15.3. The van der Waals surface area contributed by atoms with Crippen LogP contribution in [0.1, 0.15) is 60.5 Å². The molecule has 5 N–H and O–H groups in total. The Bertz CT molecular complexity index is 1710. The summed E-state index contributed by atoms with van der Waals surface area (Å²) in [4.78, 5) is 27.6. The average Bonchev–Trinajstić information content (AvgIpc) is 3.82. The number of nitrogens with two attached hydrogens (primary N) is 1. The van der Waals surface area contributed by atoms with E-state index >= 15 is 0 Å². The number of aliphatic hydroxyl groups is 1. The van der Waals surface area contributed by atoms with Crippen molar-refractivity contribution >= 4 is 28.6 Å². The Morgan fingerprint density at radius 1 is 1.11 bits per heavy atom. The van der Waals surface area contributed by atoms with Crippen LogP contribution in [0, 0.1) is 0 Å². The number of benzene rings is 1. The molecule has 1 atom stereocenters. The van der Waals surface area contributed by atoms with Gasteiger partial charge < -0.3 is 16.2 Å². The minimum atomic E-state index is -4.55. The van der Waals surface area contributed by atoms with Gasteiger partial charge in [-0.3, -0.25) is 15.0 Å². The maximum Gasteiger partial charge on any atom is 0.416 e. The highest BCUT2D eigenvalue weighted by Crippen LogP contribution is 2.36. The smallest absolute Gasteiger partial charge is 0.383 e. The number of fused-ring (bicyclic) bond motifs is 1. The topological polar surface area (TPSA) is 147 Å². The molecule has 1 amide bonds. The minimum Gasteiger partial charge on any atom is -0.383 e. The molecule has 1 aromatic carbocycles. The number of halogens is 3. The number of nitrogens with one attached hydrogen (secondary N) is 2. The third-order valence-electron chi connectivity index (χ3n) is 8.60. The fourth-order valence-electron chi connectivity index (χ4n) is 5.90. The van der Waals surface area contributed by atoms with E-state index in [1.165, 1.54) is 19.2 Å². The van der Waals surface area contributed by atoms with Gasteiger partial charge in [0, 0.05) is 36.0 Å². The number of aliphatic hydroxyl groups excluding tert-OH is 1. The third kappa shape index (κ3) is 7.19. The number of likely N-dealkylation sites (N-methyl/N-ethyl adjacent to an activating group) is 1. The monoisotopic (exact) mass is 635 g/mol. The number of hydrogen-bond acceptors (Lipinski definition) is 9. The van der Waals surface area contributed by atoms with Gasteiger partial charge >= 0.3 is 6.18 Å². The van der Waals surface area contributed by atoms with Gasteiger partial charge in [0.15, 0.2) is 5.65 Å². The summed E-state index contributed by atoms with van der Waals surface area (Å²) < 4.78 is 41.1. The predicted molar refractivity (Wildman–Crippen MR) is 168 cm³/mol. The fraction of sp³-hybridized carbons (Fsp3) is 0.406. The number of carbonyl (C=O) groups excluding carboxylic acids is 1. The molecule has 0 aliphatic heterocycles. The highest BCUT2D eigenvalue weighted by Gasteiger charge is 2.31. The first-order chi connectivity index (χ1) is 22.1. The van der Waals surface area contributed by atoms with Crippen molar-refractivity contribution in [2.45, 2.75) is 69.1 Å². The highest BCUT2D eigenvalue weighted by atomic mass is 19.4. The highest BCUT2D eigenvalue weighted by molar-refractivity contribution is 6.04. The van der Waals surface area contributed by atoms with Crippen LogP contribution in [0.2, 0.25) is 0 Å². The molecule has 1 unspecified atom stereocenters. The molecule has 46 heavy (non-hydrogen) atoms. The largest absolute Gasteiger partial charge is 0.416 e. The molecule has 2 aliphatic rings. The SMILES string of the molecule is CN(C/C=C/C(O)N[C@H]1CC[C@H](n2nc(-c3ccc(C(=O)Nc4cc(C(F)(F)F)ccn4)cc3)c3c(N)ncnc32)CC1)C1CC1. The lowest BCUT2D eigenvalue weighted by Crippen LogP contribution is -2.40. The zero-order valence-corrected chi connectivity index (χ0v) is 25.3. The zero-order valence-electron chi connectivity index (χ0n) is 25.3.